The van der Waals surface area contributed by atoms with Gasteiger partial charge in [-0.25, -0.2) is 4.98 Å². The van der Waals surface area contributed by atoms with Crippen molar-refractivity contribution >= 4 is 11.8 Å². The molecule has 40 heavy (non-hydrogen) atoms. The highest BCUT2D eigenvalue weighted by molar-refractivity contribution is 8.00. The van der Waals surface area contributed by atoms with Gasteiger partial charge in [0.05, 0.1) is 35.0 Å². The van der Waals surface area contributed by atoms with Crippen LogP contribution in [0.25, 0.3) is 0 Å². The Morgan fingerprint density at radius 2 is 1.48 bits per heavy atom. The predicted molar refractivity (Wildman–Crippen MR) is 161 cm³/mol. The molecule has 5 aromatic rings. The molecule has 0 fully saturated rings. The summed E-state index contributed by atoms with van der Waals surface area (Å²) in [5.41, 5.74) is 6.87. The zero-order valence-electron chi connectivity index (χ0n) is 22.3. The van der Waals surface area contributed by atoms with Crippen molar-refractivity contribution in [3.63, 3.8) is 0 Å². The third kappa shape index (κ3) is 4.34. The number of aromatic nitrogens is 2. The van der Waals surface area contributed by atoms with Gasteiger partial charge in [-0.05, 0) is 59.2 Å². The van der Waals surface area contributed by atoms with Crippen molar-refractivity contribution in [2.75, 3.05) is 12.4 Å². The zero-order chi connectivity index (χ0) is 27.4. The summed E-state index contributed by atoms with van der Waals surface area (Å²) in [5.74, 6) is 0.605. The van der Waals surface area contributed by atoms with Gasteiger partial charge in [0.1, 0.15) is 5.54 Å². The van der Waals surface area contributed by atoms with Crippen molar-refractivity contribution in [2.24, 2.45) is 0 Å². The second-order valence-electron chi connectivity index (χ2n) is 10.2. The molecule has 1 N–H and O–H groups in total. The summed E-state index contributed by atoms with van der Waals surface area (Å²) in [6.07, 6.45) is 7.04. The van der Waals surface area contributed by atoms with Gasteiger partial charge in [0, 0.05) is 11.9 Å². The van der Waals surface area contributed by atoms with Gasteiger partial charge in [0.15, 0.2) is 0 Å². The molecule has 4 aromatic carbocycles. The lowest BCUT2D eigenvalue weighted by atomic mass is 9.76. The van der Waals surface area contributed by atoms with Gasteiger partial charge in [0.2, 0.25) is 0 Å². The summed E-state index contributed by atoms with van der Waals surface area (Å²) in [6, 6.07) is 40.2. The topological polar surface area (TPSA) is 61.8 Å². The number of hydrogen-bond acceptors (Lipinski definition) is 4. The smallest absolute Gasteiger partial charge is 0.121 e. The summed E-state index contributed by atoms with van der Waals surface area (Å²) >= 11 is 1.76. The quantitative estimate of drug-likeness (QED) is 0.217. The van der Waals surface area contributed by atoms with E-state index in [1.54, 1.807) is 11.8 Å². The van der Waals surface area contributed by atoms with Gasteiger partial charge < -0.3 is 9.67 Å². The van der Waals surface area contributed by atoms with Gasteiger partial charge in [0.25, 0.3) is 0 Å². The predicted octanol–water partition coefficient (Wildman–Crippen LogP) is 6.90. The van der Waals surface area contributed by atoms with Crippen molar-refractivity contribution in [3.05, 3.63) is 161 Å². The fraction of sp³-hybridized carbons (Fsp3) is 0.200. The van der Waals surface area contributed by atoms with E-state index >= 15 is 0 Å². The summed E-state index contributed by atoms with van der Waals surface area (Å²) in [6.45, 7) is 0.0979. The molecule has 0 radical (unpaired) electrons. The van der Waals surface area contributed by atoms with Crippen LogP contribution in [0.5, 0.6) is 0 Å². The van der Waals surface area contributed by atoms with Gasteiger partial charge in [-0.1, -0.05) is 97.1 Å². The van der Waals surface area contributed by atoms with Crippen LogP contribution in [-0.2, 0) is 16.7 Å². The van der Waals surface area contributed by atoms with Crippen molar-refractivity contribution < 1.29 is 5.11 Å². The fourth-order valence-electron chi connectivity index (χ4n) is 6.34. The fourth-order valence-corrected chi connectivity index (χ4v) is 7.67. The second-order valence-corrected chi connectivity index (χ2v) is 11.6. The standard InChI is InChI=1S/C35H31N3OS/c36-24-27-18-19-32-28(23-27)11-10-20-34(32,40-22-21-39)33-25-38(26-37-33)35(29-12-4-1-5-13-29,30-14-6-2-7-15-30)31-16-8-3-9-17-31/h1-9,12-19,23,25-26,39H,10-11,20-22H2. The molecule has 0 saturated carbocycles. The van der Waals surface area contributed by atoms with Gasteiger partial charge in [-0.15, -0.1) is 11.8 Å². The van der Waals surface area contributed by atoms with Crippen LogP contribution >= 0.6 is 11.8 Å². The minimum atomic E-state index is -0.639. The average Bonchev–Trinajstić information content (AvgIpc) is 3.53. The Morgan fingerprint density at radius 1 is 0.875 bits per heavy atom. The molecule has 0 spiro atoms. The Balaban J connectivity index is 1.61. The molecule has 1 aromatic heterocycles. The maximum absolute atomic E-state index is 9.88. The van der Waals surface area contributed by atoms with Crippen molar-refractivity contribution in [1.82, 2.24) is 9.55 Å². The number of rotatable bonds is 8. The van der Waals surface area contributed by atoms with E-state index in [0.29, 0.717) is 11.3 Å². The van der Waals surface area contributed by atoms with E-state index in [1.807, 2.05) is 18.5 Å². The number of fused-ring (bicyclic) bond motifs is 1. The van der Waals surface area contributed by atoms with Crippen molar-refractivity contribution in [2.45, 2.75) is 29.5 Å². The van der Waals surface area contributed by atoms with Crippen LogP contribution in [0.3, 0.4) is 0 Å². The summed E-state index contributed by atoms with van der Waals surface area (Å²) in [7, 11) is 0. The van der Waals surface area contributed by atoms with Crippen molar-refractivity contribution in [3.8, 4) is 6.07 Å². The number of thioether (sulfide) groups is 1. The van der Waals surface area contributed by atoms with E-state index < -0.39 is 10.3 Å². The Bertz CT molecular complexity index is 1530. The van der Waals surface area contributed by atoms with Crippen LogP contribution in [0.15, 0.2) is 122 Å². The molecule has 1 atom stereocenters. The normalized spacial score (nSPS) is 16.7. The number of hydrogen-bond donors (Lipinski definition) is 1. The van der Waals surface area contributed by atoms with E-state index in [9.17, 15) is 10.4 Å². The molecule has 1 heterocycles. The minimum Gasteiger partial charge on any atom is -0.396 e. The van der Waals surface area contributed by atoms with Gasteiger partial charge in [-0.3, -0.25) is 0 Å². The van der Waals surface area contributed by atoms with Crippen LogP contribution in [0.1, 0.15) is 51.9 Å². The number of aliphatic hydroxyl groups excluding tert-OH is 1. The first-order chi connectivity index (χ1) is 19.7. The lowest BCUT2D eigenvalue weighted by Crippen LogP contribution is -2.37. The molecule has 0 saturated heterocycles. The average molecular weight is 542 g/mol. The Kier molecular flexibility index (Phi) is 7.30. The molecular formula is C35H31N3OS. The molecule has 0 amide bonds. The molecule has 198 valence electrons. The van der Waals surface area contributed by atoms with E-state index in [-0.39, 0.29) is 6.61 Å². The van der Waals surface area contributed by atoms with Crippen molar-refractivity contribution in [1.29, 1.82) is 5.26 Å². The monoisotopic (exact) mass is 541 g/mol. The van der Waals surface area contributed by atoms with Crippen LogP contribution in [0.2, 0.25) is 0 Å². The lowest BCUT2D eigenvalue weighted by Gasteiger charge is -2.39. The lowest BCUT2D eigenvalue weighted by molar-refractivity contribution is 0.322. The maximum Gasteiger partial charge on any atom is 0.121 e. The van der Waals surface area contributed by atoms with E-state index in [4.69, 9.17) is 4.98 Å². The molecule has 1 aliphatic rings. The molecule has 1 unspecified atom stereocenters. The molecule has 6 rings (SSSR count). The van der Waals surface area contributed by atoms with Crippen LogP contribution in [-0.4, -0.2) is 27.0 Å². The van der Waals surface area contributed by atoms with E-state index in [1.165, 1.54) is 11.1 Å². The summed E-state index contributed by atoms with van der Waals surface area (Å²) in [5, 5.41) is 19.4. The van der Waals surface area contributed by atoms with Gasteiger partial charge >= 0.3 is 0 Å². The summed E-state index contributed by atoms with van der Waals surface area (Å²) < 4.78 is 1.85. The number of nitrogens with zero attached hydrogens (tertiary/aromatic N) is 3. The highest BCUT2D eigenvalue weighted by Gasteiger charge is 2.43. The largest absolute Gasteiger partial charge is 0.396 e. The molecule has 1 aliphatic carbocycles. The highest BCUT2D eigenvalue weighted by Crippen LogP contribution is 2.51. The first-order valence-electron chi connectivity index (χ1n) is 13.7. The van der Waals surface area contributed by atoms with Gasteiger partial charge in [-0.2, -0.15) is 5.26 Å². The first kappa shape index (κ1) is 26.1. The molecule has 0 bridgehead atoms. The Hall–Kier alpha value is -4.11. The number of imidazole rings is 1. The number of benzene rings is 4. The van der Waals surface area contributed by atoms with Crippen LogP contribution < -0.4 is 0 Å². The third-order valence-electron chi connectivity index (χ3n) is 8.04. The SMILES string of the molecule is N#Cc1ccc2c(c1)CCCC2(SCCO)c1cn(C(c2ccccc2)(c2ccccc2)c2ccccc2)cn1. The Labute approximate surface area is 240 Å². The molecule has 5 heteroatoms. The zero-order valence-corrected chi connectivity index (χ0v) is 23.1. The molecule has 4 nitrogen and oxygen atoms in total. The number of aliphatic hydroxyl groups is 1. The van der Waals surface area contributed by atoms with E-state index in [0.717, 1.165) is 41.6 Å². The minimum absolute atomic E-state index is 0.0979. The maximum atomic E-state index is 9.88. The van der Waals surface area contributed by atoms with E-state index in [2.05, 4.69) is 114 Å². The molecular weight excluding hydrogens is 510 g/mol. The van der Waals surface area contributed by atoms with Crippen LogP contribution in [0, 0.1) is 11.3 Å². The number of nitriles is 1. The highest BCUT2D eigenvalue weighted by atomic mass is 32.2. The van der Waals surface area contributed by atoms with Crippen LogP contribution in [0.4, 0.5) is 0 Å². The summed E-state index contributed by atoms with van der Waals surface area (Å²) in [4.78, 5) is 5.14. The number of aryl methyl sites for hydroxylation is 1. The third-order valence-corrected chi connectivity index (χ3v) is 9.56. The second kappa shape index (κ2) is 11.2. The first-order valence-corrected chi connectivity index (χ1v) is 14.7. The Morgan fingerprint density at radius 3 is 2.02 bits per heavy atom. The molecule has 0 aliphatic heterocycles.